The lowest BCUT2D eigenvalue weighted by Crippen LogP contribution is -2.66. The second kappa shape index (κ2) is 11.9. The van der Waals surface area contributed by atoms with Crippen molar-refractivity contribution in [3.63, 3.8) is 0 Å². The molecule has 4 atom stereocenters. The maximum atomic E-state index is 13.9. The highest BCUT2D eigenvalue weighted by Gasteiger charge is 2.48. The summed E-state index contributed by atoms with van der Waals surface area (Å²) in [5.74, 6) is -2.04. The van der Waals surface area contributed by atoms with Crippen LogP contribution in [-0.4, -0.2) is 64.6 Å². The average molecular weight is 523 g/mol. The van der Waals surface area contributed by atoms with Gasteiger partial charge in [-0.3, -0.25) is 20.1 Å². The largest absolute Gasteiger partial charge is 0.379 e. The summed E-state index contributed by atoms with van der Waals surface area (Å²) in [5.41, 5.74) is 2.15. The number of hydrogen-bond donors (Lipinski definition) is 4. The fraction of sp³-hybridized carbons (Fsp3) is 0.815. The number of urea groups is 1. The Morgan fingerprint density at radius 1 is 0.946 bits per heavy atom. The molecule has 2 fully saturated rings. The van der Waals surface area contributed by atoms with Crippen molar-refractivity contribution in [2.45, 2.75) is 111 Å². The van der Waals surface area contributed by atoms with Crippen LogP contribution in [0.1, 0.15) is 87.5 Å². The number of carbonyl (C=O) groups excluding carboxylic acids is 5. The van der Waals surface area contributed by atoms with Gasteiger partial charge in [0.25, 0.3) is 5.78 Å². The zero-order valence-corrected chi connectivity index (χ0v) is 23.9. The zero-order chi connectivity index (χ0) is 28.3. The Morgan fingerprint density at radius 3 is 1.97 bits per heavy atom. The first-order chi connectivity index (χ1) is 16.9. The maximum Gasteiger partial charge on any atom is 0.379 e. The van der Waals surface area contributed by atoms with Gasteiger partial charge in [-0.15, -0.1) is 0 Å². The Hall–Kier alpha value is -2.49. The Labute approximate surface area is 221 Å². The molecular weight excluding hydrogens is 474 g/mol. The van der Waals surface area contributed by atoms with Gasteiger partial charge >= 0.3 is 11.9 Å². The van der Waals surface area contributed by atoms with Gasteiger partial charge < -0.3 is 20.9 Å². The number of Topliss-reactive ketones (excluding diaryl/α,β-unsaturated/α-hetero) is 1. The van der Waals surface area contributed by atoms with Crippen molar-refractivity contribution in [2.24, 2.45) is 23.2 Å². The molecule has 210 valence electrons. The first-order valence-electron chi connectivity index (χ1n) is 13.5. The van der Waals surface area contributed by atoms with Gasteiger partial charge in [0.15, 0.2) is 0 Å². The molecule has 0 bridgehead atoms. The molecule has 0 aromatic carbocycles. The fourth-order valence-corrected chi connectivity index (χ4v) is 5.16. The van der Waals surface area contributed by atoms with E-state index in [0.717, 1.165) is 19.3 Å². The van der Waals surface area contributed by atoms with Crippen LogP contribution in [-0.2, 0) is 19.2 Å². The third kappa shape index (κ3) is 8.25. The topological polar surface area (TPSA) is 152 Å². The lowest BCUT2D eigenvalue weighted by atomic mass is 9.80. The first-order valence-corrected chi connectivity index (χ1v) is 13.5. The number of carbonyl (C=O) groups is 5. The maximum absolute atomic E-state index is 13.9. The monoisotopic (exact) mass is 522 g/mol. The van der Waals surface area contributed by atoms with Crippen LogP contribution in [0.4, 0.5) is 4.79 Å². The van der Waals surface area contributed by atoms with E-state index in [9.17, 15) is 24.0 Å². The number of quaternary nitrogens is 1. The van der Waals surface area contributed by atoms with E-state index in [4.69, 9.17) is 0 Å². The standard InChI is InChI=1S/C27H47N5O5/c1-15(2)17-12-13-32(24(36)21(26(3,4)5)30-25(37)31-27(6,7)8)19(17)23(35)29-18(20(33)22(28)34)14-16-10-9-11-16/h15-19,21H,9-14H2,1-8H3,(H2,28,34)(H,29,35)(H2,30,31,37)/p+1. The van der Waals surface area contributed by atoms with Crippen molar-refractivity contribution in [1.82, 2.24) is 20.9 Å². The van der Waals surface area contributed by atoms with Crippen molar-refractivity contribution >= 4 is 29.5 Å². The van der Waals surface area contributed by atoms with E-state index in [-0.39, 0.29) is 23.7 Å². The summed E-state index contributed by atoms with van der Waals surface area (Å²) in [4.78, 5) is 66.3. The smallest absolute Gasteiger partial charge is 0.344 e. The molecule has 1 aliphatic heterocycles. The normalized spacial score (nSPS) is 22.2. The molecule has 2 aliphatic rings. The molecule has 10 heteroatoms. The minimum Gasteiger partial charge on any atom is -0.344 e. The molecule has 0 aromatic heterocycles. The summed E-state index contributed by atoms with van der Waals surface area (Å²) in [6, 6.07) is -3.07. The quantitative estimate of drug-likeness (QED) is 0.337. The molecule has 0 aromatic rings. The van der Waals surface area contributed by atoms with Crippen LogP contribution in [0.25, 0.3) is 0 Å². The van der Waals surface area contributed by atoms with Crippen LogP contribution in [0.5, 0.6) is 0 Å². The highest BCUT2D eigenvalue weighted by molar-refractivity contribution is 6.34. The minimum absolute atomic E-state index is 0.106. The van der Waals surface area contributed by atoms with Gasteiger partial charge in [-0.1, -0.05) is 53.9 Å². The van der Waals surface area contributed by atoms with Gasteiger partial charge in [0.05, 0.1) is 0 Å². The van der Waals surface area contributed by atoms with E-state index in [1.165, 1.54) is 0 Å². The van der Waals surface area contributed by atoms with Crippen LogP contribution < -0.4 is 21.7 Å². The molecule has 1 saturated carbocycles. The number of likely N-dealkylation sites (tertiary alicyclic amines) is 1. The second-order valence-electron chi connectivity index (χ2n) is 13.2. The second-order valence-corrected chi connectivity index (χ2v) is 13.2. The summed E-state index contributed by atoms with van der Waals surface area (Å²) >= 11 is 0. The van der Waals surface area contributed by atoms with Crippen molar-refractivity contribution < 1.29 is 29.7 Å². The molecule has 1 heterocycles. The molecule has 4 unspecified atom stereocenters. The van der Waals surface area contributed by atoms with E-state index < -0.39 is 52.7 Å². The van der Waals surface area contributed by atoms with Gasteiger partial charge in [0, 0.05) is 12.1 Å². The van der Waals surface area contributed by atoms with E-state index in [2.05, 4.69) is 21.7 Å². The molecular formula is C27H48N5O5+. The van der Waals surface area contributed by atoms with E-state index in [0.29, 0.717) is 19.4 Å². The van der Waals surface area contributed by atoms with E-state index in [1.54, 1.807) is 4.90 Å². The molecule has 37 heavy (non-hydrogen) atoms. The fourth-order valence-electron chi connectivity index (χ4n) is 5.16. The summed E-state index contributed by atoms with van der Waals surface area (Å²) in [7, 11) is 0. The predicted octanol–water partition coefficient (Wildman–Crippen LogP) is 1.38. The molecule has 1 saturated heterocycles. The molecule has 6 N–H and O–H groups in total. The van der Waals surface area contributed by atoms with Crippen LogP contribution in [0.2, 0.25) is 0 Å². The van der Waals surface area contributed by atoms with Crippen molar-refractivity contribution in [3.05, 3.63) is 0 Å². The van der Waals surface area contributed by atoms with Gasteiger partial charge in [0.1, 0.15) is 18.1 Å². The van der Waals surface area contributed by atoms with Crippen LogP contribution in [0.15, 0.2) is 0 Å². The molecule has 2 rings (SSSR count). The highest BCUT2D eigenvalue weighted by atomic mass is 16.2. The van der Waals surface area contributed by atoms with Gasteiger partial charge in [-0.2, -0.15) is 0 Å². The van der Waals surface area contributed by atoms with Crippen LogP contribution >= 0.6 is 0 Å². The first kappa shape index (κ1) is 30.7. The summed E-state index contributed by atoms with van der Waals surface area (Å²) in [5, 5.41) is 8.48. The van der Waals surface area contributed by atoms with Gasteiger partial charge in [-0.05, 0) is 56.8 Å². The lowest BCUT2D eigenvalue weighted by Gasteiger charge is -2.37. The van der Waals surface area contributed by atoms with Gasteiger partial charge in [-0.25, -0.2) is 9.59 Å². The third-order valence-electron chi connectivity index (χ3n) is 7.43. The number of nitrogens with zero attached hydrogens (tertiary/aromatic N) is 1. The summed E-state index contributed by atoms with van der Waals surface area (Å²) < 4.78 is 0. The highest BCUT2D eigenvalue weighted by Crippen LogP contribution is 2.34. The lowest BCUT2D eigenvalue weighted by molar-refractivity contribution is -0.300. The Kier molecular flexibility index (Phi) is 9.90. The van der Waals surface area contributed by atoms with Crippen molar-refractivity contribution in [2.75, 3.05) is 6.54 Å². The average Bonchev–Trinajstić information content (AvgIpc) is 3.16. The molecule has 0 radical (unpaired) electrons. The SMILES string of the molecule is CC(C)C1CCN(C(=O)C(NC(=O)NC(C)(C)C)C(C)(C)C)C1C(=O)NC(CC1CCC1)C(=O)C([NH3+])=O. The minimum atomic E-state index is -0.942. The van der Waals surface area contributed by atoms with Crippen molar-refractivity contribution in [3.8, 4) is 0 Å². The van der Waals surface area contributed by atoms with Gasteiger partial charge in [0.2, 0.25) is 11.8 Å². The van der Waals surface area contributed by atoms with E-state index >= 15 is 0 Å². The van der Waals surface area contributed by atoms with Crippen LogP contribution in [0, 0.1) is 23.2 Å². The number of hydrogen-bond acceptors (Lipinski definition) is 5. The van der Waals surface area contributed by atoms with E-state index in [1.807, 2.05) is 55.4 Å². The summed E-state index contributed by atoms with van der Waals surface area (Å²) in [6.07, 6.45) is 4.02. The number of rotatable bonds is 9. The predicted molar refractivity (Wildman–Crippen MR) is 140 cm³/mol. The zero-order valence-electron chi connectivity index (χ0n) is 23.9. The number of nitrogens with one attached hydrogen (secondary N) is 3. The Bertz CT molecular complexity index is 885. The molecule has 0 spiro atoms. The summed E-state index contributed by atoms with van der Waals surface area (Å²) in [6.45, 7) is 15.5. The Morgan fingerprint density at radius 2 is 1.54 bits per heavy atom. The van der Waals surface area contributed by atoms with Crippen LogP contribution in [0.3, 0.4) is 0 Å². The third-order valence-corrected chi connectivity index (χ3v) is 7.43. The number of ketones is 1. The molecule has 5 amide bonds. The molecule has 10 nitrogen and oxygen atoms in total. The van der Waals surface area contributed by atoms with Crippen molar-refractivity contribution in [1.29, 1.82) is 0 Å². The molecule has 1 aliphatic carbocycles. The number of amides is 5. The Balaban J connectivity index is 2.31.